The number of hydrogen-bond donors (Lipinski definition) is 1. The van der Waals surface area contributed by atoms with Crippen LogP contribution in [0.3, 0.4) is 0 Å². The first-order chi connectivity index (χ1) is 13.9. The standard InChI is InChI=1S/C21H26NO6P/c1-4-27-29(25,28-5-2)21(3,22-19(23)18-14-10-7-11-15-18)20(24)26-16-17-12-8-6-9-13-17/h6-15H,4-5,16H2,1-3H3,(H,22,23)/t21-/m1/s1. The van der Waals surface area contributed by atoms with E-state index in [4.69, 9.17) is 13.8 Å². The van der Waals surface area contributed by atoms with Gasteiger partial charge in [0.15, 0.2) is 0 Å². The van der Waals surface area contributed by atoms with E-state index in [1.807, 2.05) is 18.2 Å². The molecule has 1 amide bonds. The van der Waals surface area contributed by atoms with E-state index >= 15 is 0 Å². The van der Waals surface area contributed by atoms with Crippen LogP contribution in [0.2, 0.25) is 0 Å². The molecule has 2 aromatic rings. The lowest BCUT2D eigenvalue weighted by atomic mass is 10.2. The van der Waals surface area contributed by atoms with Crippen molar-refractivity contribution in [1.82, 2.24) is 5.32 Å². The normalized spacial score (nSPS) is 13.3. The predicted octanol–water partition coefficient (Wildman–Crippen LogP) is 4.14. The molecule has 0 fully saturated rings. The minimum atomic E-state index is -4.10. The minimum Gasteiger partial charge on any atom is -0.459 e. The summed E-state index contributed by atoms with van der Waals surface area (Å²) in [6, 6.07) is 17.3. The summed E-state index contributed by atoms with van der Waals surface area (Å²) >= 11 is 0. The van der Waals surface area contributed by atoms with Crippen molar-refractivity contribution in [2.75, 3.05) is 13.2 Å². The quantitative estimate of drug-likeness (QED) is 0.460. The molecular formula is C21H26NO6P. The second-order valence-corrected chi connectivity index (χ2v) is 8.69. The summed E-state index contributed by atoms with van der Waals surface area (Å²) in [6.07, 6.45) is 0. The molecule has 0 radical (unpaired) electrons. The largest absolute Gasteiger partial charge is 0.459 e. The predicted molar refractivity (Wildman–Crippen MR) is 109 cm³/mol. The van der Waals surface area contributed by atoms with Crippen LogP contribution in [0, 0.1) is 0 Å². The highest BCUT2D eigenvalue weighted by atomic mass is 31.2. The molecule has 0 saturated heterocycles. The fraction of sp³-hybridized carbons (Fsp3) is 0.333. The van der Waals surface area contributed by atoms with Crippen molar-refractivity contribution in [2.45, 2.75) is 32.7 Å². The average molecular weight is 419 g/mol. The van der Waals surface area contributed by atoms with E-state index < -0.39 is 24.8 Å². The number of esters is 1. The van der Waals surface area contributed by atoms with Gasteiger partial charge >= 0.3 is 13.6 Å². The van der Waals surface area contributed by atoms with Crippen LogP contribution in [0.1, 0.15) is 36.7 Å². The lowest BCUT2D eigenvalue weighted by Gasteiger charge is -2.34. The van der Waals surface area contributed by atoms with E-state index in [0.29, 0.717) is 5.56 Å². The van der Waals surface area contributed by atoms with Gasteiger partial charge in [0.2, 0.25) is 5.28 Å². The second kappa shape index (κ2) is 10.3. The molecule has 1 atom stereocenters. The summed E-state index contributed by atoms with van der Waals surface area (Å²) < 4.78 is 29.6. The van der Waals surface area contributed by atoms with Gasteiger partial charge in [0.05, 0.1) is 13.2 Å². The lowest BCUT2D eigenvalue weighted by molar-refractivity contribution is -0.149. The van der Waals surface area contributed by atoms with E-state index in [1.54, 1.807) is 56.3 Å². The second-order valence-electron chi connectivity index (χ2n) is 6.29. The van der Waals surface area contributed by atoms with Gasteiger partial charge in [-0.25, -0.2) is 4.79 Å². The number of rotatable bonds is 10. The van der Waals surface area contributed by atoms with Crippen molar-refractivity contribution < 1.29 is 27.9 Å². The molecular weight excluding hydrogens is 393 g/mol. The highest BCUT2D eigenvalue weighted by molar-refractivity contribution is 7.56. The van der Waals surface area contributed by atoms with Gasteiger partial charge in [0.25, 0.3) is 5.91 Å². The van der Waals surface area contributed by atoms with E-state index in [2.05, 4.69) is 5.32 Å². The van der Waals surface area contributed by atoms with Crippen LogP contribution in [0.25, 0.3) is 0 Å². The SMILES string of the molecule is CCOP(=O)(OCC)[C@@](C)(NC(=O)c1ccccc1)C(=O)OCc1ccccc1. The summed E-state index contributed by atoms with van der Waals surface area (Å²) in [5, 5.41) is 0.502. The fourth-order valence-electron chi connectivity index (χ4n) is 2.61. The summed E-state index contributed by atoms with van der Waals surface area (Å²) in [4.78, 5) is 25.8. The van der Waals surface area contributed by atoms with E-state index in [1.165, 1.54) is 6.92 Å². The maximum Gasteiger partial charge on any atom is 0.367 e. The van der Waals surface area contributed by atoms with Crippen molar-refractivity contribution in [1.29, 1.82) is 0 Å². The molecule has 2 rings (SSSR count). The molecule has 0 unspecified atom stereocenters. The van der Waals surface area contributed by atoms with Crippen LogP contribution in [0.4, 0.5) is 0 Å². The molecule has 0 aliphatic carbocycles. The third-order valence-electron chi connectivity index (χ3n) is 4.15. The Kier molecular flexibility index (Phi) is 8.14. The van der Waals surface area contributed by atoms with E-state index in [-0.39, 0.29) is 19.8 Å². The lowest BCUT2D eigenvalue weighted by Crippen LogP contribution is -2.53. The molecule has 0 heterocycles. The third kappa shape index (κ3) is 5.54. The Morgan fingerprint density at radius 3 is 1.97 bits per heavy atom. The number of hydrogen-bond acceptors (Lipinski definition) is 6. The Hall–Kier alpha value is -2.47. The summed E-state index contributed by atoms with van der Waals surface area (Å²) in [7, 11) is -4.10. The van der Waals surface area contributed by atoms with Crippen molar-refractivity contribution >= 4 is 19.5 Å². The number of benzene rings is 2. The van der Waals surface area contributed by atoms with Crippen molar-refractivity contribution in [3.8, 4) is 0 Å². The first kappa shape index (κ1) is 22.8. The van der Waals surface area contributed by atoms with Crippen LogP contribution in [-0.2, 0) is 29.8 Å². The van der Waals surface area contributed by atoms with Crippen molar-refractivity contribution in [2.24, 2.45) is 0 Å². The van der Waals surface area contributed by atoms with Crippen LogP contribution < -0.4 is 5.32 Å². The van der Waals surface area contributed by atoms with Crippen molar-refractivity contribution in [3.63, 3.8) is 0 Å². The van der Waals surface area contributed by atoms with Crippen LogP contribution >= 0.6 is 7.60 Å². The monoisotopic (exact) mass is 419 g/mol. The van der Waals surface area contributed by atoms with E-state index in [9.17, 15) is 14.2 Å². The molecule has 0 bridgehead atoms. The average Bonchev–Trinajstić information content (AvgIpc) is 2.73. The van der Waals surface area contributed by atoms with Gasteiger partial charge in [0.1, 0.15) is 6.61 Å². The first-order valence-corrected chi connectivity index (χ1v) is 10.9. The Morgan fingerprint density at radius 1 is 0.931 bits per heavy atom. The van der Waals surface area contributed by atoms with Gasteiger partial charge in [0, 0.05) is 5.56 Å². The minimum absolute atomic E-state index is 0.0278. The molecule has 2 aromatic carbocycles. The number of ether oxygens (including phenoxy) is 1. The van der Waals surface area contributed by atoms with Gasteiger partial charge in [-0.3, -0.25) is 9.36 Å². The molecule has 1 N–H and O–H groups in total. The summed E-state index contributed by atoms with van der Waals surface area (Å²) in [6.45, 7) is 4.56. The van der Waals surface area contributed by atoms with Gasteiger partial charge in [-0.05, 0) is 38.5 Å². The topological polar surface area (TPSA) is 90.9 Å². The zero-order valence-electron chi connectivity index (χ0n) is 16.8. The Bertz CT molecular complexity index is 848. The van der Waals surface area contributed by atoms with Gasteiger partial charge in [-0.15, -0.1) is 0 Å². The molecule has 0 spiro atoms. The summed E-state index contributed by atoms with van der Waals surface area (Å²) in [5.41, 5.74) is 1.05. The molecule has 0 aliphatic rings. The Morgan fingerprint density at radius 2 is 1.45 bits per heavy atom. The van der Waals surface area contributed by atoms with Gasteiger partial charge in [-0.2, -0.15) is 0 Å². The summed E-state index contributed by atoms with van der Waals surface area (Å²) in [5.74, 6) is -1.50. The van der Waals surface area contributed by atoms with Crippen LogP contribution in [0.5, 0.6) is 0 Å². The number of nitrogens with one attached hydrogen (secondary N) is 1. The third-order valence-corrected chi connectivity index (χ3v) is 6.74. The molecule has 0 saturated carbocycles. The smallest absolute Gasteiger partial charge is 0.367 e. The van der Waals surface area contributed by atoms with Crippen molar-refractivity contribution in [3.05, 3.63) is 71.8 Å². The molecule has 8 heteroatoms. The van der Waals surface area contributed by atoms with Gasteiger partial charge in [-0.1, -0.05) is 48.5 Å². The maximum absolute atomic E-state index is 13.5. The highest BCUT2D eigenvalue weighted by Crippen LogP contribution is 2.59. The van der Waals surface area contributed by atoms with Crippen LogP contribution in [0.15, 0.2) is 60.7 Å². The number of carbonyl (C=O) groups is 2. The fourth-order valence-corrected chi connectivity index (χ4v) is 4.41. The molecule has 29 heavy (non-hydrogen) atoms. The number of carbonyl (C=O) groups excluding carboxylic acids is 2. The van der Waals surface area contributed by atoms with E-state index in [0.717, 1.165) is 5.56 Å². The highest BCUT2D eigenvalue weighted by Gasteiger charge is 2.56. The Balaban J connectivity index is 2.33. The first-order valence-electron chi connectivity index (χ1n) is 9.34. The zero-order valence-corrected chi connectivity index (χ0v) is 17.7. The molecule has 156 valence electrons. The van der Waals surface area contributed by atoms with Crippen LogP contribution in [-0.4, -0.2) is 30.4 Å². The Labute approximate surface area is 170 Å². The molecule has 0 aromatic heterocycles. The van der Waals surface area contributed by atoms with Gasteiger partial charge < -0.3 is 19.1 Å². The molecule has 7 nitrogen and oxygen atoms in total. The molecule has 0 aliphatic heterocycles. The zero-order chi connectivity index (χ0) is 21.3. The number of amides is 1. The maximum atomic E-state index is 13.5.